The van der Waals surface area contributed by atoms with Crippen LogP contribution < -0.4 is 11.1 Å². The maximum atomic E-state index is 11.9. The van der Waals surface area contributed by atoms with Crippen LogP contribution in [0.2, 0.25) is 0 Å². The molecule has 1 heterocycles. The zero-order chi connectivity index (χ0) is 14.8. The monoisotopic (exact) mass is 281 g/mol. The molecule has 0 radical (unpaired) electrons. The first-order valence-corrected chi connectivity index (χ1v) is 6.62. The van der Waals surface area contributed by atoms with Crippen molar-refractivity contribution in [1.29, 1.82) is 0 Å². The van der Waals surface area contributed by atoms with Gasteiger partial charge in [-0.3, -0.25) is 19.6 Å². The summed E-state index contributed by atoms with van der Waals surface area (Å²) < 4.78 is 1.40. The van der Waals surface area contributed by atoms with E-state index in [4.69, 9.17) is 5.73 Å². The number of nitrogens with two attached hydrogens (primary N) is 1. The molecule has 1 saturated carbocycles. The van der Waals surface area contributed by atoms with Gasteiger partial charge in [0.05, 0.1) is 10.5 Å². The van der Waals surface area contributed by atoms with Crippen molar-refractivity contribution < 1.29 is 9.72 Å². The fourth-order valence-electron chi connectivity index (χ4n) is 2.21. The molecule has 0 saturated heterocycles. The van der Waals surface area contributed by atoms with Crippen molar-refractivity contribution in [2.24, 2.45) is 11.7 Å². The molecule has 3 N–H and O–H groups in total. The van der Waals surface area contributed by atoms with E-state index in [1.807, 2.05) is 6.92 Å². The van der Waals surface area contributed by atoms with Crippen LogP contribution >= 0.6 is 0 Å². The van der Waals surface area contributed by atoms with Crippen molar-refractivity contribution in [2.75, 3.05) is 6.54 Å². The van der Waals surface area contributed by atoms with Crippen LogP contribution in [0.25, 0.3) is 0 Å². The first-order valence-electron chi connectivity index (χ1n) is 6.62. The Labute approximate surface area is 116 Å². The summed E-state index contributed by atoms with van der Waals surface area (Å²) in [5, 5.41) is 17.3. The molecular weight excluding hydrogens is 262 g/mol. The molecule has 1 amide bonds. The average Bonchev–Trinajstić information content (AvgIpc) is 3.15. The van der Waals surface area contributed by atoms with Gasteiger partial charge in [0.25, 0.3) is 0 Å². The van der Waals surface area contributed by atoms with E-state index < -0.39 is 4.92 Å². The molecule has 2 rings (SSSR count). The molecule has 8 heteroatoms. The van der Waals surface area contributed by atoms with Crippen molar-refractivity contribution in [3.63, 3.8) is 0 Å². The number of carbonyl (C=O) groups excluding carboxylic acids is 1. The highest BCUT2D eigenvalue weighted by Gasteiger charge is 2.41. The molecule has 8 nitrogen and oxygen atoms in total. The quantitative estimate of drug-likeness (QED) is 0.555. The van der Waals surface area contributed by atoms with E-state index in [-0.39, 0.29) is 23.6 Å². The van der Waals surface area contributed by atoms with Crippen molar-refractivity contribution in [3.05, 3.63) is 22.5 Å². The second-order valence-corrected chi connectivity index (χ2v) is 5.41. The van der Waals surface area contributed by atoms with Gasteiger partial charge in [0.2, 0.25) is 5.91 Å². The summed E-state index contributed by atoms with van der Waals surface area (Å²) in [4.78, 5) is 21.9. The number of hydrogen-bond donors (Lipinski definition) is 2. The fraction of sp³-hybridized carbons (Fsp3) is 0.667. The van der Waals surface area contributed by atoms with E-state index in [0.717, 1.165) is 12.8 Å². The van der Waals surface area contributed by atoms with E-state index in [0.29, 0.717) is 19.0 Å². The third-order valence-electron chi connectivity index (χ3n) is 3.73. The lowest BCUT2D eigenvalue weighted by Crippen LogP contribution is -2.53. The van der Waals surface area contributed by atoms with Gasteiger partial charge in [-0.05, 0) is 25.7 Å². The molecule has 0 spiro atoms. The second kappa shape index (κ2) is 5.58. The Kier molecular flexibility index (Phi) is 4.03. The first-order chi connectivity index (χ1) is 9.44. The van der Waals surface area contributed by atoms with Crippen LogP contribution in [0.3, 0.4) is 0 Å². The minimum atomic E-state index is -0.512. The normalized spacial score (nSPS) is 17.5. The summed E-state index contributed by atoms with van der Waals surface area (Å²) in [5.74, 6) is 0.352. The van der Waals surface area contributed by atoms with Gasteiger partial charge >= 0.3 is 5.69 Å². The number of nitro groups is 1. The number of aromatic nitrogens is 2. The lowest BCUT2D eigenvalue weighted by Gasteiger charge is -2.29. The third kappa shape index (κ3) is 3.32. The van der Waals surface area contributed by atoms with Crippen LogP contribution in [0.15, 0.2) is 12.4 Å². The summed E-state index contributed by atoms with van der Waals surface area (Å²) in [6, 6.07) is 0. The van der Waals surface area contributed by atoms with Crippen molar-refractivity contribution >= 4 is 11.6 Å². The Morgan fingerprint density at radius 1 is 1.70 bits per heavy atom. The maximum Gasteiger partial charge on any atom is 0.306 e. The molecular formula is C12H19N5O3. The van der Waals surface area contributed by atoms with Crippen molar-refractivity contribution in [1.82, 2.24) is 15.1 Å². The number of nitrogens with zero attached hydrogens (tertiary/aromatic N) is 3. The molecule has 1 aromatic heterocycles. The van der Waals surface area contributed by atoms with Crippen LogP contribution in [0.5, 0.6) is 0 Å². The van der Waals surface area contributed by atoms with E-state index in [2.05, 4.69) is 10.4 Å². The highest BCUT2D eigenvalue weighted by atomic mass is 16.6. The average molecular weight is 281 g/mol. The molecule has 20 heavy (non-hydrogen) atoms. The molecule has 0 aliphatic heterocycles. The molecule has 1 unspecified atom stereocenters. The van der Waals surface area contributed by atoms with Crippen LogP contribution in [0, 0.1) is 16.0 Å². The van der Waals surface area contributed by atoms with Crippen LogP contribution in [0.4, 0.5) is 5.69 Å². The molecule has 1 aliphatic carbocycles. The van der Waals surface area contributed by atoms with Crippen LogP contribution in [-0.2, 0) is 11.3 Å². The minimum Gasteiger partial charge on any atom is -0.349 e. The summed E-state index contributed by atoms with van der Waals surface area (Å²) in [7, 11) is 0. The van der Waals surface area contributed by atoms with Gasteiger partial charge < -0.3 is 11.1 Å². The highest BCUT2D eigenvalue weighted by Crippen LogP contribution is 2.38. The zero-order valence-corrected chi connectivity index (χ0v) is 11.4. The Balaban J connectivity index is 1.83. The minimum absolute atomic E-state index is 0.0739. The lowest BCUT2D eigenvalue weighted by atomic mass is 9.96. The number of hydrogen-bond acceptors (Lipinski definition) is 5. The number of rotatable bonds is 7. The Hall–Kier alpha value is -1.96. The van der Waals surface area contributed by atoms with Gasteiger partial charge in [0.15, 0.2) is 0 Å². The largest absolute Gasteiger partial charge is 0.349 e. The van der Waals surface area contributed by atoms with Gasteiger partial charge in [0, 0.05) is 19.5 Å². The fourth-order valence-corrected chi connectivity index (χ4v) is 2.21. The molecule has 1 aromatic rings. The Bertz CT molecular complexity index is 511. The van der Waals surface area contributed by atoms with E-state index >= 15 is 0 Å². The smallest absolute Gasteiger partial charge is 0.306 e. The van der Waals surface area contributed by atoms with Gasteiger partial charge in [-0.2, -0.15) is 5.10 Å². The number of nitrogens with one attached hydrogen (secondary N) is 1. The molecule has 110 valence electrons. The number of amides is 1. The third-order valence-corrected chi connectivity index (χ3v) is 3.73. The summed E-state index contributed by atoms with van der Waals surface area (Å²) >= 11 is 0. The molecule has 0 aromatic carbocycles. The van der Waals surface area contributed by atoms with Crippen LogP contribution in [-0.4, -0.2) is 32.7 Å². The van der Waals surface area contributed by atoms with Gasteiger partial charge in [0.1, 0.15) is 12.4 Å². The molecule has 1 fully saturated rings. The van der Waals surface area contributed by atoms with Gasteiger partial charge in [-0.1, -0.05) is 0 Å². The van der Waals surface area contributed by atoms with Crippen LogP contribution in [0.1, 0.15) is 26.2 Å². The van der Waals surface area contributed by atoms with E-state index in [1.54, 1.807) is 0 Å². The number of carbonyl (C=O) groups is 1. The standard InChI is InChI=1S/C12H19N5O3/c1-12(8-13,9-2-3-9)15-11(18)4-5-16-7-10(6-14-16)17(19)20/h6-7,9H,2-5,8,13H2,1H3,(H,15,18). The van der Waals surface area contributed by atoms with E-state index in [9.17, 15) is 14.9 Å². The maximum absolute atomic E-state index is 11.9. The topological polar surface area (TPSA) is 116 Å². The highest BCUT2D eigenvalue weighted by molar-refractivity contribution is 5.76. The summed E-state index contributed by atoms with van der Waals surface area (Å²) in [6.07, 6.45) is 4.90. The summed E-state index contributed by atoms with van der Waals surface area (Å²) in [5.41, 5.74) is 5.32. The predicted molar refractivity (Wildman–Crippen MR) is 71.8 cm³/mol. The number of aryl methyl sites for hydroxylation is 1. The zero-order valence-electron chi connectivity index (χ0n) is 11.4. The lowest BCUT2D eigenvalue weighted by molar-refractivity contribution is -0.385. The SMILES string of the molecule is CC(CN)(NC(=O)CCn1cc([N+](=O)[O-])cn1)C1CC1. The van der Waals surface area contributed by atoms with Crippen molar-refractivity contribution in [2.45, 2.75) is 38.3 Å². The van der Waals surface area contributed by atoms with E-state index in [1.165, 1.54) is 17.1 Å². The predicted octanol–water partition coefficient (Wildman–Crippen LogP) is 0.425. The second-order valence-electron chi connectivity index (χ2n) is 5.41. The molecule has 0 bridgehead atoms. The van der Waals surface area contributed by atoms with Crippen molar-refractivity contribution in [3.8, 4) is 0 Å². The molecule has 1 aliphatic rings. The molecule has 1 atom stereocenters. The summed E-state index contributed by atoms with van der Waals surface area (Å²) in [6.45, 7) is 2.68. The van der Waals surface area contributed by atoms with Gasteiger partial charge in [-0.25, -0.2) is 0 Å². The van der Waals surface area contributed by atoms with Gasteiger partial charge in [-0.15, -0.1) is 0 Å². The first kappa shape index (κ1) is 14.4. The Morgan fingerprint density at radius 2 is 2.40 bits per heavy atom. The Morgan fingerprint density at radius 3 is 2.90 bits per heavy atom.